The Morgan fingerprint density at radius 1 is 1.53 bits per heavy atom. The lowest BCUT2D eigenvalue weighted by Gasteiger charge is -2.23. The third-order valence-electron chi connectivity index (χ3n) is 3.16. The van der Waals surface area contributed by atoms with E-state index in [2.05, 4.69) is 37.6 Å². The molecule has 0 saturated carbocycles. The highest BCUT2D eigenvalue weighted by Crippen LogP contribution is 2.34. The van der Waals surface area contributed by atoms with Gasteiger partial charge in [0.15, 0.2) is 5.82 Å². The van der Waals surface area contributed by atoms with Gasteiger partial charge >= 0.3 is 0 Å². The van der Waals surface area contributed by atoms with Crippen molar-refractivity contribution < 1.29 is 9.47 Å². The number of rotatable bonds is 5. The van der Waals surface area contributed by atoms with Crippen molar-refractivity contribution in [2.75, 3.05) is 20.3 Å². The van der Waals surface area contributed by atoms with Gasteiger partial charge in [-0.2, -0.15) is 0 Å². The number of alkyl halides is 1. The number of methoxy groups -OCH3 is 1. The summed E-state index contributed by atoms with van der Waals surface area (Å²) in [6.45, 7) is 4.31. The molecular formula is C11H18BrN3O2. The highest BCUT2D eigenvalue weighted by atomic mass is 79.9. The number of hydrogen-bond acceptors (Lipinski definition) is 4. The van der Waals surface area contributed by atoms with Crippen LogP contribution in [0.25, 0.3) is 0 Å². The average Bonchev–Trinajstić information content (AvgIpc) is 2.93. The van der Waals surface area contributed by atoms with Crippen molar-refractivity contribution in [2.24, 2.45) is 0 Å². The lowest BCUT2D eigenvalue weighted by atomic mass is 10.0. The number of nitrogens with zero attached hydrogens (tertiary/aromatic N) is 3. The molecular weight excluding hydrogens is 286 g/mol. The Balaban J connectivity index is 2.29. The summed E-state index contributed by atoms with van der Waals surface area (Å²) in [7, 11) is 1.70. The third kappa shape index (κ3) is 2.53. The molecule has 6 heteroatoms. The molecule has 0 aromatic carbocycles. The third-order valence-corrected chi connectivity index (χ3v) is 3.66. The molecule has 5 nitrogen and oxygen atoms in total. The van der Waals surface area contributed by atoms with Gasteiger partial charge in [0.2, 0.25) is 0 Å². The van der Waals surface area contributed by atoms with Crippen molar-refractivity contribution in [3.63, 3.8) is 0 Å². The molecule has 96 valence electrons. The van der Waals surface area contributed by atoms with Crippen LogP contribution in [-0.2, 0) is 26.9 Å². The van der Waals surface area contributed by atoms with Crippen LogP contribution in [0.5, 0.6) is 0 Å². The molecule has 1 fully saturated rings. The van der Waals surface area contributed by atoms with Gasteiger partial charge in [-0.25, -0.2) is 0 Å². The Labute approximate surface area is 110 Å². The second-order valence-electron chi connectivity index (χ2n) is 4.40. The summed E-state index contributed by atoms with van der Waals surface area (Å²) in [5, 5.41) is 9.20. The minimum atomic E-state index is -0.291. The van der Waals surface area contributed by atoms with Crippen LogP contribution >= 0.6 is 15.9 Å². The predicted octanol–water partition coefficient (Wildman–Crippen LogP) is 1.84. The lowest BCUT2D eigenvalue weighted by Crippen LogP contribution is -2.26. The van der Waals surface area contributed by atoms with Gasteiger partial charge in [-0.15, -0.1) is 10.2 Å². The van der Waals surface area contributed by atoms with Crippen molar-refractivity contribution in [3.8, 4) is 0 Å². The molecule has 1 aromatic heterocycles. The number of ether oxygens (including phenoxy) is 2. The van der Waals surface area contributed by atoms with Crippen LogP contribution in [0.2, 0.25) is 0 Å². The molecule has 1 aliphatic rings. The Morgan fingerprint density at radius 3 is 2.94 bits per heavy atom. The molecule has 0 spiro atoms. The van der Waals surface area contributed by atoms with Gasteiger partial charge < -0.3 is 14.0 Å². The maximum atomic E-state index is 5.83. The summed E-state index contributed by atoms with van der Waals surface area (Å²) in [5.74, 6) is 1.84. The number of aromatic nitrogens is 3. The minimum absolute atomic E-state index is 0.291. The van der Waals surface area contributed by atoms with Crippen LogP contribution in [0.3, 0.4) is 0 Å². The smallest absolute Gasteiger partial charge is 0.165 e. The fraction of sp³-hybridized carbons (Fsp3) is 0.818. The Morgan fingerprint density at radius 2 is 2.35 bits per heavy atom. The molecule has 1 unspecified atom stereocenters. The van der Waals surface area contributed by atoms with Crippen molar-refractivity contribution in [2.45, 2.75) is 37.2 Å². The van der Waals surface area contributed by atoms with Crippen molar-refractivity contribution in [1.29, 1.82) is 0 Å². The molecule has 1 atom stereocenters. The van der Waals surface area contributed by atoms with E-state index in [1.165, 1.54) is 0 Å². The molecule has 1 saturated heterocycles. The van der Waals surface area contributed by atoms with Gasteiger partial charge in [0.05, 0.1) is 11.9 Å². The average molecular weight is 304 g/mol. The van der Waals surface area contributed by atoms with Crippen LogP contribution in [0.1, 0.15) is 31.4 Å². The molecule has 0 radical (unpaired) electrons. The standard InChI is InChI=1S/C11H18BrN3O2/c1-11(4-3-6-17-11)10-14-13-9(8-12)15(10)5-7-16-2/h3-8H2,1-2H3. The minimum Gasteiger partial charge on any atom is -0.383 e. The molecule has 1 aliphatic heterocycles. The van der Waals surface area contributed by atoms with E-state index in [9.17, 15) is 0 Å². The summed E-state index contributed by atoms with van der Waals surface area (Å²) >= 11 is 3.43. The van der Waals surface area contributed by atoms with Crippen molar-refractivity contribution in [1.82, 2.24) is 14.8 Å². The van der Waals surface area contributed by atoms with Gasteiger partial charge in [0.25, 0.3) is 0 Å². The van der Waals surface area contributed by atoms with Crippen LogP contribution < -0.4 is 0 Å². The van der Waals surface area contributed by atoms with Crippen molar-refractivity contribution >= 4 is 15.9 Å². The summed E-state index contributed by atoms with van der Waals surface area (Å²) < 4.78 is 13.1. The van der Waals surface area contributed by atoms with Crippen LogP contribution in [0.4, 0.5) is 0 Å². The fourth-order valence-corrected chi connectivity index (χ4v) is 2.61. The van der Waals surface area contributed by atoms with E-state index < -0.39 is 0 Å². The first-order chi connectivity index (χ1) is 8.21. The normalized spacial score (nSPS) is 24.4. The maximum Gasteiger partial charge on any atom is 0.165 e. The first-order valence-corrected chi connectivity index (χ1v) is 6.95. The predicted molar refractivity (Wildman–Crippen MR) is 67.1 cm³/mol. The molecule has 0 aliphatic carbocycles. The first-order valence-electron chi connectivity index (χ1n) is 5.82. The Kier molecular flexibility index (Phi) is 4.17. The largest absolute Gasteiger partial charge is 0.383 e. The maximum absolute atomic E-state index is 5.83. The van der Waals surface area contributed by atoms with Crippen molar-refractivity contribution in [3.05, 3.63) is 11.6 Å². The molecule has 0 N–H and O–H groups in total. The van der Waals surface area contributed by atoms with E-state index in [0.29, 0.717) is 11.9 Å². The zero-order chi connectivity index (χ0) is 12.3. The molecule has 0 bridgehead atoms. The lowest BCUT2D eigenvalue weighted by molar-refractivity contribution is 0.00529. The van der Waals surface area contributed by atoms with Crippen LogP contribution in [0, 0.1) is 0 Å². The summed E-state index contributed by atoms with van der Waals surface area (Å²) in [5.41, 5.74) is -0.291. The van der Waals surface area contributed by atoms with Gasteiger partial charge in [0, 0.05) is 20.3 Å². The Hall–Kier alpha value is -0.460. The van der Waals surface area contributed by atoms with Crippen LogP contribution in [-0.4, -0.2) is 35.1 Å². The number of hydrogen-bond donors (Lipinski definition) is 0. The van der Waals surface area contributed by atoms with E-state index in [1.54, 1.807) is 7.11 Å². The fourth-order valence-electron chi connectivity index (χ4n) is 2.20. The Bertz CT molecular complexity index is 375. The van der Waals surface area contributed by atoms with Gasteiger partial charge in [-0.05, 0) is 19.8 Å². The summed E-state index contributed by atoms with van der Waals surface area (Å²) in [4.78, 5) is 0. The topological polar surface area (TPSA) is 49.2 Å². The van der Waals surface area contributed by atoms with Gasteiger partial charge in [-0.1, -0.05) is 15.9 Å². The first kappa shape index (κ1) is 13.0. The van der Waals surface area contributed by atoms with E-state index in [-0.39, 0.29) is 5.60 Å². The molecule has 2 rings (SSSR count). The highest BCUT2D eigenvalue weighted by molar-refractivity contribution is 9.08. The van der Waals surface area contributed by atoms with Gasteiger partial charge in [-0.3, -0.25) is 0 Å². The van der Waals surface area contributed by atoms with Gasteiger partial charge in [0.1, 0.15) is 11.4 Å². The summed E-state index contributed by atoms with van der Waals surface area (Å²) in [6.07, 6.45) is 2.08. The van der Waals surface area contributed by atoms with E-state index in [1.807, 2.05) is 0 Å². The monoisotopic (exact) mass is 303 g/mol. The van der Waals surface area contributed by atoms with Crippen LogP contribution in [0.15, 0.2) is 0 Å². The quantitative estimate of drug-likeness (QED) is 0.779. The van der Waals surface area contributed by atoms with E-state index in [4.69, 9.17) is 9.47 Å². The molecule has 17 heavy (non-hydrogen) atoms. The molecule has 2 heterocycles. The molecule has 1 aromatic rings. The van der Waals surface area contributed by atoms with E-state index >= 15 is 0 Å². The molecule has 0 amide bonds. The highest BCUT2D eigenvalue weighted by Gasteiger charge is 2.37. The second-order valence-corrected chi connectivity index (χ2v) is 4.96. The zero-order valence-electron chi connectivity index (χ0n) is 10.3. The second kappa shape index (κ2) is 5.46. The zero-order valence-corrected chi connectivity index (χ0v) is 11.9. The number of halogens is 1. The summed E-state index contributed by atoms with van der Waals surface area (Å²) in [6, 6.07) is 0. The van der Waals surface area contributed by atoms with E-state index in [0.717, 1.165) is 37.6 Å². The SMILES string of the molecule is COCCn1c(CBr)nnc1C1(C)CCCO1.